The van der Waals surface area contributed by atoms with E-state index >= 15 is 0 Å². The van der Waals surface area contributed by atoms with Crippen molar-refractivity contribution in [1.82, 2.24) is 10.3 Å². The van der Waals surface area contributed by atoms with Crippen molar-refractivity contribution in [3.63, 3.8) is 0 Å². The van der Waals surface area contributed by atoms with Crippen LogP contribution in [0.1, 0.15) is 17.2 Å². The van der Waals surface area contributed by atoms with E-state index in [0.717, 1.165) is 16.8 Å². The second-order valence-corrected chi connectivity index (χ2v) is 5.75. The Labute approximate surface area is 153 Å². The number of carbonyl (C=O) groups excluding carboxylic acids is 1. The molecule has 0 aliphatic heterocycles. The van der Waals surface area contributed by atoms with Gasteiger partial charge in [-0.15, -0.1) is 0 Å². The summed E-state index contributed by atoms with van der Waals surface area (Å²) in [5, 5.41) is 6.19. The van der Waals surface area contributed by atoms with Gasteiger partial charge in [0.05, 0.1) is 25.4 Å². The number of hydrogen-bond donors (Lipinski definition) is 2. The molecule has 26 heavy (non-hydrogen) atoms. The SMILES string of the molecule is COc1ccccc1NCC(=O)NC(c1ccccc1)c1cccnc1. The van der Waals surface area contributed by atoms with Crippen LogP contribution >= 0.6 is 0 Å². The van der Waals surface area contributed by atoms with E-state index in [1.54, 1.807) is 19.5 Å². The fourth-order valence-electron chi connectivity index (χ4n) is 2.73. The van der Waals surface area contributed by atoms with Crippen LogP contribution in [0.2, 0.25) is 0 Å². The highest BCUT2D eigenvalue weighted by atomic mass is 16.5. The van der Waals surface area contributed by atoms with Crippen molar-refractivity contribution in [3.8, 4) is 5.75 Å². The third-order valence-electron chi connectivity index (χ3n) is 4.00. The molecular weight excluding hydrogens is 326 g/mol. The molecule has 1 atom stereocenters. The minimum atomic E-state index is -0.253. The number of pyridine rings is 1. The molecule has 0 bridgehead atoms. The molecule has 5 nitrogen and oxygen atoms in total. The van der Waals surface area contributed by atoms with E-state index in [4.69, 9.17) is 4.74 Å². The molecule has 1 unspecified atom stereocenters. The Morgan fingerprint density at radius 2 is 1.73 bits per heavy atom. The van der Waals surface area contributed by atoms with E-state index < -0.39 is 0 Å². The molecule has 5 heteroatoms. The smallest absolute Gasteiger partial charge is 0.240 e. The van der Waals surface area contributed by atoms with E-state index in [9.17, 15) is 4.79 Å². The van der Waals surface area contributed by atoms with Crippen LogP contribution in [0.3, 0.4) is 0 Å². The van der Waals surface area contributed by atoms with E-state index in [-0.39, 0.29) is 18.5 Å². The van der Waals surface area contributed by atoms with E-state index in [2.05, 4.69) is 15.6 Å². The van der Waals surface area contributed by atoms with Crippen molar-refractivity contribution >= 4 is 11.6 Å². The van der Waals surface area contributed by atoms with Crippen molar-refractivity contribution in [2.45, 2.75) is 6.04 Å². The Morgan fingerprint density at radius 1 is 1.00 bits per heavy atom. The van der Waals surface area contributed by atoms with Crippen LogP contribution < -0.4 is 15.4 Å². The number of anilines is 1. The number of nitrogens with one attached hydrogen (secondary N) is 2. The molecule has 0 aliphatic carbocycles. The lowest BCUT2D eigenvalue weighted by atomic mass is 10.0. The van der Waals surface area contributed by atoms with Gasteiger partial charge in [-0.25, -0.2) is 0 Å². The summed E-state index contributed by atoms with van der Waals surface area (Å²) in [5.41, 5.74) is 2.72. The van der Waals surface area contributed by atoms with Gasteiger partial charge >= 0.3 is 0 Å². The number of methoxy groups -OCH3 is 1. The van der Waals surface area contributed by atoms with Gasteiger partial charge in [-0.2, -0.15) is 0 Å². The normalized spacial score (nSPS) is 11.4. The van der Waals surface area contributed by atoms with Crippen LogP contribution in [-0.2, 0) is 4.79 Å². The first-order valence-electron chi connectivity index (χ1n) is 8.39. The number of amides is 1. The van der Waals surface area contributed by atoms with Crippen LogP contribution in [-0.4, -0.2) is 24.5 Å². The number of hydrogen-bond acceptors (Lipinski definition) is 4. The highest BCUT2D eigenvalue weighted by molar-refractivity contribution is 5.82. The Balaban J connectivity index is 1.72. The van der Waals surface area contributed by atoms with Gasteiger partial charge in [0.15, 0.2) is 0 Å². The fourth-order valence-corrected chi connectivity index (χ4v) is 2.73. The third kappa shape index (κ3) is 4.39. The van der Waals surface area contributed by atoms with Crippen molar-refractivity contribution in [1.29, 1.82) is 0 Å². The summed E-state index contributed by atoms with van der Waals surface area (Å²) in [5.74, 6) is 0.584. The lowest BCUT2D eigenvalue weighted by molar-refractivity contribution is -0.119. The molecule has 3 aromatic rings. The van der Waals surface area contributed by atoms with Gasteiger partial charge in [0.1, 0.15) is 5.75 Å². The maximum Gasteiger partial charge on any atom is 0.240 e. The summed E-state index contributed by atoms with van der Waals surface area (Å²) in [6.07, 6.45) is 3.49. The zero-order valence-corrected chi connectivity index (χ0v) is 14.6. The molecule has 3 rings (SSSR count). The number of ether oxygens (including phenoxy) is 1. The number of nitrogens with zero attached hydrogens (tertiary/aromatic N) is 1. The maximum atomic E-state index is 12.5. The zero-order valence-electron chi connectivity index (χ0n) is 14.6. The van der Waals surface area contributed by atoms with Crippen molar-refractivity contribution < 1.29 is 9.53 Å². The molecule has 0 spiro atoms. The van der Waals surface area contributed by atoms with E-state index in [0.29, 0.717) is 5.75 Å². The molecule has 2 aromatic carbocycles. The molecule has 0 radical (unpaired) electrons. The van der Waals surface area contributed by atoms with Crippen molar-refractivity contribution in [2.75, 3.05) is 19.0 Å². The van der Waals surface area contributed by atoms with Crippen LogP contribution in [0, 0.1) is 0 Å². The second kappa shape index (κ2) is 8.67. The minimum Gasteiger partial charge on any atom is -0.495 e. The predicted octanol–water partition coefficient (Wildman–Crippen LogP) is 3.41. The van der Waals surface area contributed by atoms with Crippen LogP contribution in [0.5, 0.6) is 5.75 Å². The summed E-state index contributed by atoms with van der Waals surface area (Å²) < 4.78 is 5.29. The quantitative estimate of drug-likeness (QED) is 0.687. The van der Waals surface area contributed by atoms with Crippen LogP contribution in [0.4, 0.5) is 5.69 Å². The minimum absolute atomic E-state index is 0.117. The monoisotopic (exact) mass is 347 g/mol. The predicted molar refractivity (Wildman–Crippen MR) is 102 cm³/mol. The summed E-state index contributed by atoms with van der Waals surface area (Å²) in [4.78, 5) is 16.7. The number of rotatable bonds is 7. The second-order valence-electron chi connectivity index (χ2n) is 5.75. The molecule has 0 saturated heterocycles. The molecule has 0 aliphatic rings. The van der Waals surface area contributed by atoms with Gasteiger partial charge in [0, 0.05) is 12.4 Å². The molecule has 1 amide bonds. The first-order valence-corrected chi connectivity index (χ1v) is 8.39. The van der Waals surface area contributed by atoms with Gasteiger partial charge < -0.3 is 15.4 Å². The number of aromatic nitrogens is 1. The zero-order chi connectivity index (χ0) is 18.2. The van der Waals surface area contributed by atoms with Gasteiger partial charge in [0.25, 0.3) is 0 Å². The molecule has 132 valence electrons. The summed E-state index contributed by atoms with van der Waals surface area (Å²) in [7, 11) is 1.61. The van der Waals surface area contributed by atoms with Crippen molar-refractivity contribution in [3.05, 3.63) is 90.3 Å². The Bertz CT molecular complexity index is 799. The Hall–Kier alpha value is -3.34. The topological polar surface area (TPSA) is 63.2 Å². The molecule has 1 heterocycles. The largest absolute Gasteiger partial charge is 0.495 e. The number of para-hydroxylation sites is 2. The summed E-state index contributed by atoms with van der Waals surface area (Å²) in [6.45, 7) is 0.143. The molecule has 0 saturated carbocycles. The highest BCUT2D eigenvalue weighted by Gasteiger charge is 2.17. The summed E-state index contributed by atoms with van der Waals surface area (Å²) >= 11 is 0. The lowest BCUT2D eigenvalue weighted by Crippen LogP contribution is -2.34. The highest BCUT2D eigenvalue weighted by Crippen LogP contribution is 2.23. The fraction of sp³-hybridized carbons (Fsp3) is 0.143. The molecule has 0 fully saturated rings. The first kappa shape index (κ1) is 17.5. The molecule has 2 N–H and O–H groups in total. The Morgan fingerprint density at radius 3 is 2.46 bits per heavy atom. The first-order chi connectivity index (χ1) is 12.8. The molecular formula is C21H21N3O2. The Kier molecular flexibility index (Phi) is 5.83. The van der Waals surface area contributed by atoms with Gasteiger partial charge in [-0.1, -0.05) is 48.5 Å². The summed E-state index contributed by atoms with van der Waals surface area (Å²) in [6, 6.07) is 20.9. The van der Waals surface area contributed by atoms with Crippen molar-refractivity contribution in [2.24, 2.45) is 0 Å². The number of carbonyl (C=O) groups is 1. The van der Waals surface area contributed by atoms with Gasteiger partial charge in [-0.3, -0.25) is 9.78 Å². The lowest BCUT2D eigenvalue weighted by Gasteiger charge is -2.20. The molecule has 1 aromatic heterocycles. The average Bonchev–Trinajstić information content (AvgIpc) is 2.72. The van der Waals surface area contributed by atoms with E-state index in [1.165, 1.54) is 0 Å². The van der Waals surface area contributed by atoms with Crippen LogP contribution in [0.25, 0.3) is 0 Å². The van der Waals surface area contributed by atoms with Gasteiger partial charge in [0.2, 0.25) is 5.91 Å². The van der Waals surface area contributed by atoms with Crippen LogP contribution in [0.15, 0.2) is 79.1 Å². The standard InChI is InChI=1S/C21H21N3O2/c1-26-19-12-6-5-11-18(19)23-15-20(25)24-21(16-8-3-2-4-9-16)17-10-7-13-22-14-17/h2-14,21,23H,15H2,1H3,(H,24,25). The maximum absolute atomic E-state index is 12.5. The third-order valence-corrected chi connectivity index (χ3v) is 4.00. The van der Waals surface area contributed by atoms with E-state index in [1.807, 2.05) is 66.7 Å². The average molecular weight is 347 g/mol. The van der Waals surface area contributed by atoms with Gasteiger partial charge in [-0.05, 0) is 29.3 Å². The number of benzene rings is 2.